The maximum atomic E-state index is 12.3. The van der Waals surface area contributed by atoms with Crippen molar-refractivity contribution >= 4 is 23.0 Å². The third-order valence-corrected chi connectivity index (χ3v) is 4.85. The van der Waals surface area contributed by atoms with Crippen LogP contribution in [0, 0.1) is 5.92 Å². The van der Waals surface area contributed by atoms with E-state index in [1.807, 2.05) is 25.7 Å². The van der Waals surface area contributed by atoms with Gasteiger partial charge in [-0.1, -0.05) is 12.1 Å². The fourth-order valence-electron chi connectivity index (χ4n) is 3.36. The number of likely N-dealkylation sites (tertiary alicyclic amines) is 1. The third-order valence-electron chi connectivity index (χ3n) is 4.85. The molecule has 1 aliphatic rings. The Balaban J connectivity index is 1.46. The Hall–Kier alpha value is -2.77. The zero-order chi connectivity index (χ0) is 20.3. The molecule has 2 heterocycles. The van der Waals surface area contributed by atoms with E-state index in [1.54, 1.807) is 24.3 Å². The van der Waals surface area contributed by atoms with Crippen LogP contribution in [0.3, 0.4) is 0 Å². The average Bonchev–Trinajstić information content (AvgIpc) is 2.94. The van der Waals surface area contributed by atoms with Crippen molar-refractivity contribution in [3.05, 3.63) is 34.8 Å². The summed E-state index contributed by atoms with van der Waals surface area (Å²) in [4.78, 5) is 38.3. The van der Waals surface area contributed by atoms with Crippen molar-refractivity contribution in [2.45, 2.75) is 45.7 Å². The lowest BCUT2D eigenvalue weighted by Gasteiger charge is -2.34. The van der Waals surface area contributed by atoms with Gasteiger partial charge in [-0.05, 0) is 51.7 Å². The lowest BCUT2D eigenvalue weighted by Crippen LogP contribution is -2.51. The van der Waals surface area contributed by atoms with Crippen molar-refractivity contribution in [1.29, 1.82) is 0 Å². The molecule has 152 valence electrons. The minimum absolute atomic E-state index is 0.0406. The number of piperidine rings is 1. The number of benzene rings is 1. The summed E-state index contributed by atoms with van der Waals surface area (Å²) in [5, 5.41) is 5.88. The highest BCUT2D eigenvalue weighted by molar-refractivity contribution is 5.79. The minimum atomic E-state index is -0.533. The molecule has 1 aromatic carbocycles. The molecule has 1 saturated heterocycles. The van der Waals surface area contributed by atoms with Crippen molar-refractivity contribution in [2.24, 2.45) is 5.92 Å². The van der Waals surface area contributed by atoms with Gasteiger partial charge in [0, 0.05) is 25.2 Å². The SMILES string of the molecule is CC(C)(C)NC(=O)N1CCC(CNC(=O)Cn2c(=O)oc3ccccc32)CC1. The number of urea groups is 1. The van der Waals surface area contributed by atoms with Crippen LogP contribution in [0.5, 0.6) is 0 Å². The summed E-state index contributed by atoms with van der Waals surface area (Å²) in [6.07, 6.45) is 1.68. The molecule has 1 aliphatic heterocycles. The van der Waals surface area contributed by atoms with Gasteiger partial charge < -0.3 is 20.0 Å². The maximum absolute atomic E-state index is 12.3. The quantitative estimate of drug-likeness (QED) is 0.836. The van der Waals surface area contributed by atoms with E-state index < -0.39 is 5.76 Å². The van der Waals surface area contributed by atoms with Gasteiger partial charge in [-0.2, -0.15) is 0 Å². The van der Waals surface area contributed by atoms with Crippen molar-refractivity contribution < 1.29 is 14.0 Å². The van der Waals surface area contributed by atoms with E-state index in [9.17, 15) is 14.4 Å². The first-order chi connectivity index (χ1) is 13.2. The van der Waals surface area contributed by atoms with Gasteiger partial charge in [-0.3, -0.25) is 9.36 Å². The van der Waals surface area contributed by atoms with Crippen molar-refractivity contribution in [2.75, 3.05) is 19.6 Å². The first kappa shape index (κ1) is 20.0. The average molecular weight is 388 g/mol. The summed E-state index contributed by atoms with van der Waals surface area (Å²) in [5.74, 6) is -0.434. The van der Waals surface area contributed by atoms with Crippen LogP contribution in [0.15, 0.2) is 33.5 Å². The number of aromatic nitrogens is 1. The normalized spacial score (nSPS) is 15.6. The summed E-state index contributed by atoms with van der Waals surface area (Å²) in [7, 11) is 0. The number of carbonyl (C=O) groups excluding carboxylic acids is 2. The number of nitrogens with one attached hydrogen (secondary N) is 2. The predicted octanol–water partition coefficient (Wildman–Crippen LogP) is 1.93. The van der Waals surface area contributed by atoms with Gasteiger partial charge in [0.05, 0.1) is 5.52 Å². The second kappa shape index (κ2) is 8.08. The summed E-state index contributed by atoms with van der Waals surface area (Å²) in [5.41, 5.74) is 0.832. The van der Waals surface area contributed by atoms with Crippen LogP contribution in [0.4, 0.5) is 4.79 Å². The van der Waals surface area contributed by atoms with Crippen LogP contribution >= 0.6 is 0 Å². The molecule has 1 aromatic heterocycles. The summed E-state index contributed by atoms with van der Waals surface area (Å²) in [6.45, 7) is 7.70. The molecule has 2 N–H and O–H groups in total. The van der Waals surface area contributed by atoms with Crippen LogP contribution in [0.2, 0.25) is 0 Å². The molecule has 28 heavy (non-hydrogen) atoms. The number of amides is 3. The summed E-state index contributed by atoms with van der Waals surface area (Å²) < 4.78 is 6.48. The van der Waals surface area contributed by atoms with Crippen LogP contribution in [0.1, 0.15) is 33.6 Å². The Morgan fingerprint density at radius 3 is 2.54 bits per heavy atom. The molecule has 0 spiro atoms. The number of nitrogens with zero attached hydrogens (tertiary/aromatic N) is 2. The van der Waals surface area contributed by atoms with Crippen LogP contribution in [0.25, 0.3) is 11.1 Å². The molecule has 0 aliphatic carbocycles. The van der Waals surface area contributed by atoms with Crippen molar-refractivity contribution in [3.8, 4) is 0 Å². The van der Waals surface area contributed by atoms with E-state index in [0.29, 0.717) is 36.7 Å². The van der Waals surface area contributed by atoms with Gasteiger partial charge in [0.2, 0.25) is 5.91 Å². The monoisotopic (exact) mass is 388 g/mol. The number of hydrogen-bond donors (Lipinski definition) is 2. The molecule has 0 atom stereocenters. The fourth-order valence-corrected chi connectivity index (χ4v) is 3.36. The molecule has 0 bridgehead atoms. The number of rotatable bonds is 4. The number of oxazole rings is 1. The third kappa shape index (κ3) is 4.94. The van der Waals surface area contributed by atoms with Gasteiger partial charge in [0.1, 0.15) is 6.54 Å². The Bertz CT molecular complexity index is 901. The molecule has 1 fully saturated rings. The smallest absolute Gasteiger partial charge is 0.408 e. The number of para-hydroxylation sites is 2. The van der Waals surface area contributed by atoms with Crippen molar-refractivity contribution in [1.82, 2.24) is 20.1 Å². The van der Waals surface area contributed by atoms with Gasteiger partial charge in [-0.15, -0.1) is 0 Å². The molecule has 8 nitrogen and oxygen atoms in total. The lowest BCUT2D eigenvalue weighted by atomic mass is 9.97. The predicted molar refractivity (Wildman–Crippen MR) is 106 cm³/mol. The highest BCUT2D eigenvalue weighted by Gasteiger charge is 2.25. The molecule has 0 radical (unpaired) electrons. The Morgan fingerprint density at radius 1 is 1.18 bits per heavy atom. The van der Waals surface area contributed by atoms with Crippen LogP contribution in [-0.4, -0.2) is 46.6 Å². The van der Waals surface area contributed by atoms with E-state index in [2.05, 4.69) is 10.6 Å². The first-order valence-electron chi connectivity index (χ1n) is 9.65. The maximum Gasteiger partial charge on any atom is 0.420 e. The second-order valence-electron chi connectivity index (χ2n) is 8.34. The van der Waals surface area contributed by atoms with Gasteiger partial charge in [-0.25, -0.2) is 9.59 Å². The number of hydrogen-bond acceptors (Lipinski definition) is 4. The van der Waals surface area contributed by atoms with Gasteiger partial charge in [0.15, 0.2) is 5.58 Å². The lowest BCUT2D eigenvalue weighted by molar-refractivity contribution is -0.121. The summed E-state index contributed by atoms with van der Waals surface area (Å²) in [6, 6.07) is 7.00. The molecule has 0 saturated carbocycles. The Morgan fingerprint density at radius 2 is 1.86 bits per heavy atom. The van der Waals surface area contributed by atoms with Crippen LogP contribution < -0.4 is 16.4 Å². The van der Waals surface area contributed by atoms with Crippen LogP contribution in [-0.2, 0) is 11.3 Å². The first-order valence-corrected chi connectivity index (χ1v) is 9.65. The van der Waals surface area contributed by atoms with E-state index in [4.69, 9.17) is 4.42 Å². The second-order valence-corrected chi connectivity index (χ2v) is 8.34. The summed E-state index contributed by atoms with van der Waals surface area (Å²) >= 11 is 0. The molecular weight excluding hydrogens is 360 g/mol. The molecule has 3 amide bonds. The molecule has 8 heteroatoms. The van der Waals surface area contributed by atoms with Gasteiger partial charge in [0.25, 0.3) is 0 Å². The number of fused-ring (bicyclic) bond motifs is 1. The Kier molecular flexibility index (Phi) is 5.76. The zero-order valence-corrected chi connectivity index (χ0v) is 16.7. The Labute approximate surface area is 163 Å². The molecule has 0 unspecified atom stereocenters. The minimum Gasteiger partial charge on any atom is -0.408 e. The number of carbonyl (C=O) groups is 2. The molecular formula is C20H28N4O4. The molecule has 2 aromatic rings. The van der Waals surface area contributed by atoms with E-state index in [0.717, 1.165) is 12.8 Å². The van der Waals surface area contributed by atoms with Crippen molar-refractivity contribution in [3.63, 3.8) is 0 Å². The zero-order valence-electron chi connectivity index (χ0n) is 16.7. The molecule has 3 rings (SSSR count). The van der Waals surface area contributed by atoms with Gasteiger partial charge >= 0.3 is 11.8 Å². The van der Waals surface area contributed by atoms with E-state index in [1.165, 1.54) is 4.57 Å². The largest absolute Gasteiger partial charge is 0.420 e. The van der Waals surface area contributed by atoms with E-state index in [-0.39, 0.29) is 24.0 Å². The highest BCUT2D eigenvalue weighted by atomic mass is 16.4. The fraction of sp³-hybridized carbons (Fsp3) is 0.550. The topological polar surface area (TPSA) is 96.6 Å². The highest BCUT2D eigenvalue weighted by Crippen LogP contribution is 2.17. The van der Waals surface area contributed by atoms with E-state index >= 15 is 0 Å². The standard InChI is InChI=1S/C20H28N4O4/c1-20(2,3)22-18(26)23-10-8-14(9-11-23)12-21-17(25)13-24-15-6-4-5-7-16(15)28-19(24)27/h4-7,14H,8-13H2,1-3H3,(H,21,25)(H,22,26).